The van der Waals surface area contributed by atoms with Crippen molar-refractivity contribution < 1.29 is 4.79 Å². The van der Waals surface area contributed by atoms with Crippen LogP contribution in [0.2, 0.25) is 0 Å². The maximum atomic E-state index is 12.4. The molecule has 0 radical (unpaired) electrons. The minimum absolute atomic E-state index is 0.204. The third-order valence-electron chi connectivity index (χ3n) is 4.38. The van der Waals surface area contributed by atoms with Gasteiger partial charge in [0.1, 0.15) is 0 Å². The first-order valence-corrected chi connectivity index (χ1v) is 6.92. The summed E-state index contributed by atoms with van der Waals surface area (Å²) < 4.78 is 0. The lowest BCUT2D eigenvalue weighted by Crippen LogP contribution is -2.52. The van der Waals surface area contributed by atoms with Gasteiger partial charge in [0.15, 0.2) is 0 Å². The van der Waals surface area contributed by atoms with Crippen molar-refractivity contribution in [1.29, 1.82) is 0 Å². The van der Waals surface area contributed by atoms with Gasteiger partial charge in [-0.3, -0.25) is 4.79 Å². The van der Waals surface area contributed by atoms with E-state index in [0.29, 0.717) is 17.9 Å². The number of carbonyl (C=O) groups excluding carboxylic acids is 1. The molecule has 1 heterocycles. The molecule has 1 saturated heterocycles. The van der Waals surface area contributed by atoms with Gasteiger partial charge in [0.2, 0.25) is 5.91 Å². The van der Waals surface area contributed by atoms with Crippen molar-refractivity contribution in [1.82, 2.24) is 10.2 Å². The Hall–Kier alpha value is -0.570. The van der Waals surface area contributed by atoms with Crippen molar-refractivity contribution in [2.24, 2.45) is 11.3 Å². The number of likely N-dealkylation sites (tertiary alicyclic amines) is 1. The molecular formula is C14H28N2O. The van der Waals surface area contributed by atoms with Crippen LogP contribution in [0, 0.1) is 11.3 Å². The molecule has 0 aromatic heterocycles. The van der Waals surface area contributed by atoms with Gasteiger partial charge in [-0.15, -0.1) is 0 Å². The summed E-state index contributed by atoms with van der Waals surface area (Å²) in [7, 11) is 2.03. The summed E-state index contributed by atoms with van der Waals surface area (Å²) in [4.78, 5) is 14.5. The number of rotatable bonds is 4. The van der Waals surface area contributed by atoms with E-state index in [0.717, 1.165) is 32.4 Å². The fraction of sp³-hybridized carbons (Fsp3) is 0.929. The minimum Gasteiger partial charge on any atom is -0.342 e. The predicted octanol–water partition coefficient (Wildman–Crippen LogP) is 2.27. The molecular weight excluding hydrogens is 212 g/mol. The Bertz CT molecular complexity index is 263. The third-order valence-corrected chi connectivity index (χ3v) is 4.38. The van der Waals surface area contributed by atoms with Crippen molar-refractivity contribution in [2.45, 2.75) is 53.0 Å². The Labute approximate surface area is 106 Å². The highest BCUT2D eigenvalue weighted by atomic mass is 16.2. The zero-order valence-corrected chi connectivity index (χ0v) is 12.0. The lowest BCUT2D eigenvalue weighted by molar-refractivity contribution is -0.142. The average Bonchev–Trinajstić information content (AvgIpc) is 2.36. The molecule has 1 N–H and O–H groups in total. The second kappa shape index (κ2) is 5.85. The molecule has 1 rings (SSSR count). The second-order valence-electron chi connectivity index (χ2n) is 5.84. The monoisotopic (exact) mass is 240 g/mol. The number of piperidine rings is 1. The van der Waals surface area contributed by atoms with Crippen molar-refractivity contribution in [3.05, 3.63) is 0 Å². The number of nitrogens with one attached hydrogen (secondary N) is 1. The Morgan fingerprint density at radius 3 is 2.53 bits per heavy atom. The topological polar surface area (TPSA) is 32.3 Å². The summed E-state index contributed by atoms with van der Waals surface area (Å²) in [5, 5.41) is 3.38. The molecule has 2 unspecified atom stereocenters. The highest BCUT2D eigenvalue weighted by Gasteiger charge is 2.35. The van der Waals surface area contributed by atoms with E-state index in [9.17, 15) is 4.79 Å². The molecule has 2 atom stereocenters. The van der Waals surface area contributed by atoms with Crippen LogP contribution in [-0.4, -0.2) is 37.0 Å². The standard InChI is InChI=1S/C14H28N2O/c1-6-11-10-16(9-8-12(11)15-5)13(17)14(3,4)7-2/h11-12,15H,6-10H2,1-5H3. The highest BCUT2D eigenvalue weighted by Crippen LogP contribution is 2.27. The molecule has 0 saturated carbocycles. The summed E-state index contributed by atoms with van der Waals surface area (Å²) in [5.41, 5.74) is -0.204. The van der Waals surface area contributed by atoms with Gasteiger partial charge in [-0.25, -0.2) is 0 Å². The van der Waals surface area contributed by atoms with Crippen molar-refractivity contribution >= 4 is 5.91 Å². The zero-order chi connectivity index (χ0) is 13.1. The van der Waals surface area contributed by atoms with Gasteiger partial charge in [0.25, 0.3) is 0 Å². The van der Waals surface area contributed by atoms with Gasteiger partial charge in [0.05, 0.1) is 0 Å². The first-order chi connectivity index (χ1) is 7.96. The van der Waals surface area contributed by atoms with Crippen molar-refractivity contribution in [2.75, 3.05) is 20.1 Å². The van der Waals surface area contributed by atoms with E-state index in [1.807, 2.05) is 7.05 Å². The molecule has 0 aromatic carbocycles. The van der Waals surface area contributed by atoms with E-state index in [2.05, 4.69) is 37.9 Å². The maximum absolute atomic E-state index is 12.4. The molecule has 1 aliphatic rings. The Kier molecular flexibility index (Phi) is 4.99. The molecule has 1 aliphatic heterocycles. The van der Waals surface area contributed by atoms with Crippen LogP contribution in [0.15, 0.2) is 0 Å². The molecule has 17 heavy (non-hydrogen) atoms. The quantitative estimate of drug-likeness (QED) is 0.817. The summed E-state index contributed by atoms with van der Waals surface area (Å²) in [6.45, 7) is 10.2. The van der Waals surface area contributed by atoms with Gasteiger partial charge in [-0.1, -0.05) is 34.1 Å². The van der Waals surface area contributed by atoms with E-state index >= 15 is 0 Å². The van der Waals surface area contributed by atoms with E-state index in [1.165, 1.54) is 0 Å². The van der Waals surface area contributed by atoms with Crippen LogP contribution in [-0.2, 0) is 4.79 Å². The van der Waals surface area contributed by atoms with Crippen LogP contribution in [0.3, 0.4) is 0 Å². The van der Waals surface area contributed by atoms with E-state index in [-0.39, 0.29) is 5.41 Å². The maximum Gasteiger partial charge on any atom is 0.228 e. The van der Waals surface area contributed by atoms with Gasteiger partial charge in [-0.05, 0) is 25.8 Å². The lowest BCUT2D eigenvalue weighted by atomic mass is 9.85. The second-order valence-corrected chi connectivity index (χ2v) is 5.84. The SMILES string of the molecule is CCC1CN(C(=O)C(C)(C)CC)CCC1NC. The van der Waals surface area contributed by atoms with Crippen molar-refractivity contribution in [3.63, 3.8) is 0 Å². The summed E-state index contributed by atoms with van der Waals surface area (Å²) in [6, 6.07) is 0.578. The molecule has 100 valence electrons. The predicted molar refractivity (Wildman–Crippen MR) is 71.9 cm³/mol. The molecule has 0 bridgehead atoms. The lowest BCUT2D eigenvalue weighted by Gasteiger charge is -2.41. The number of hydrogen-bond donors (Lipinski definition) is 1. The van der Waals surface area contributed by atoms with Crippen LogP contribution in [0.4, 0.5) is 0 Å². The largest absolute Gasteiger partial charge is 0.342 e. The van der Waals surface area contributed by atoms with E-state index in [4.69, 9.17) is 0 Å². The molecule has 0 aromatic rings. The van der Waals surface area contributed by atoms with Gasteiger partial charge < -0.3 is 10.2 Å². The normalized spacial score (nSPS) is 26.1. The van der Waals surface area contributed by atoms with Crippen LogP contribution in [0.5, 0.6) is 0 Å². The summed E-state index contributed by atoms with van der Waals surface area (Å²) in [5.74, 6) is 0.929. The van der Waals surface area contributed by atoms with Crippen LogP contribution in [0.1, 0.15) is 47.0 Å². The van der Waals surface area contributed by atoms with Crippen LogP contribution in [0.25, 0.3) is 0 Å². The number of hydrogen-bond acceptors (Lipinski definition) is 2. The first-order valence-electron chi connectivity index (χ1n) is 6.92. The molecule has 1 amide bonds. The van der Waals surface area contributed by atoms with Crippen LogP contribution >= 0.6 is 0 Å². The summed E-state index contributed by atoms with van der Waals surface area (Å²) in [6.07, 6.45) is 3.14. The number of nitrogens with zero attached hydrogens (tertiary/aromatic N) is 1. The first kappa shape index (κ1) is 14.5. The van der Waals surface area contributed by atoms with Gasteiger partial charge >= 0.3 is 0 Å². The number of amides is 1. The van der Waals surface area contributed by atoms with Gasteiger partial charge in [-0.2, -0.15) is 0 Å². The zero-order valence-electron chi connectivity index (χ0n) is 12.0. The Morgan fingerprint density at radius 1 is 1.41 bits per heavy atom. The molecule has 3 nitrogen and oxygen atoms in total. The van der Waals surface area contributed by atoms with E-state index < -0.39 is 0 Å². The highest BCUT2D eigenvalue weighted by molar-refractivity contribution is 5.82. The minimum atomic E-state index is -0.204. The average molecular weight is 240 g/mol. The Morgan fingerprint density at radius 2 is 2.06 bits per heavy atom. The smallest absolute Gasteiger partial charge is 0.228 e. The molecule has 1 fully saturated rings. The molecule has 0 spiro atoms. The van der Waals surface area contributed by atoms with Crippen molar-refractivity contribution in [3.8, 4) is 0 Å². The number of carbonyl (C=O) groups is 1. The molecule has 0 aliphatic carbocycles. The Balaban J connectivity index is 2.67. The summed E-state index contributed by atoms with van der Waals surface area (Å²) >= 11 is 0. The fourth-order valence-corrected chi connectivity index (χ4v) is 2.59. The molecule has 3 heteroatoms. The fourth-order valence-electron chi connectivity index (χ4n) is 2.59. The van der Waals surface area contributed by atoms with Crippen LogP contribution < -0.4 is 5.32 Å². The van der Waals surface area contributed by atoms with E-state index in [1.54, 1.807) is 0 Å². The van der Waals surface area contributed by atoms with Gasteiger partial charge in [0, 0.05) is 24.5 Å². The third kappa shape index (κ3) is 3.21.